The quantitative estimate of drug-likeness (QED) is 0.426. The average Bonchev–Trinajstić information content (AvgIpc) is 3.26. The van der Waals surface area contributed by atoms with Crippen LogP contribution < -0.4 is 0 Å². The van der Waals surface area contributed by atoms with Gasteiger partial charge in [0.2, 0.25) is 0 Å². The Morgan fingerprint density at radius 1 is 1.21 bits per heavy atom. The maximum atomic E-state index is 12.2. The second-order valence-electron chi connectivity index (χ2n) is 11.6. The van der Waals surface area contributed by atoms with Crippen molar-refractivity contribution in [2.45, 2.75) is 84.3 Å². The first-order chi connectivity index (χ1) is 13.6. The molecule has 1 heterocycles. The zero-order chi connectivity index (χ0) is 21.0. The molecule has 4 aliphatic carbocycles. The van der Waals surface area contributed by atoms with Gasteiger partial charge in [0.15, 0.2) is 0 Å². The Balaban J connectivity index is 1.65. The van der Waals surface area contributed by atoms with Gasteiger partial charge in [-0.05, 0) is 73.0 Å². The number of rotatable bonds is 2. The Labute approximate surface area is 174 Å². The number of hydrogen-bond acceptors (Lipinski definition) is 4. The van der Waals surface area contributed by atoms with Crippen LogP contribution in [0.4, 0.5) is 0 Å². The van der Waals surface area contributed by atoms with E-state index in [0.717, 1.165) is 44.0 Å². The monoisotopic (exact) mass is 400 g/mol. The van der Waals surface area contributed by atoms with Crippen molar-refractivity contribution in [1.29, 1.82) is 0 Å². The van der Waals surface area contributed by atoms with Crippen molar-refractivity contribution < 1.29 is 19.4 Å². The SMILES string of the molecule is C=C1C(C=O)[C@@]2(C)C[C@@H]1C1C3CC[C@@]4(CCC(=O)O4)C3(C)C[C@@H](O)C1C2(C)CC. The van der Waals surface area contributed by atoms with Crippen molar-refractivity contribution >= 4 is 12.3 Å². The molecule has 4 saturated carbocycles. The molecular formula is C25H36O4. The largest absolute Gasteiger partial charge is 0.458 e. The number of carbonyl (C=O) groups excluding carboxylic acids is 2. The molecule has 160 valence electrons. The molecular weight excluding hydrogens is 364 g/mol. The van der Waals surface area contributed by atoms with Gasteiger partial charge in [-0.15, -0.1) is 0 Å². The Bertz CT molecular complexity index is 790. The van der Waals surface area contributed by atoms with Gasteiger partial charge in [-0.2, -0.15) is 0 Å². The van der Waals surface area contributed by atoms with Gasteiger partial charge in [0.25, 0.3) is 0 Å². The van der Waals surface area contributed by atoms with Crippen molar-refractivity contribution in [2.24, 2.45) is 45.8 Å². The van der Waals surface area contributed by atoms with E-state index >= 15 is 0 Å². The number of esters is 1. The lowest BCUT2D eigenvalue weighted by molar-refractivity contribution is -0.214. The number of fused-ring (bicyclic) bond motifs is 7. The van der Waals surface area contributed by atoms with Gasteiger partial charge < -0.3 is 14.6 Å². The van der Waals surface area contributed by atoms with Crippen LogP contribution >= 0.6 is 0 Å². The first-order valence-corrected chi connectivity index (χ1v) is 11.6. The average molecular weight is 401 g/mol. The van der Waals surface area contributed by atoms with E-state index in [2.05, 4.69) is 34.3 Å². The van der Waals surface area contributed by atoms with E-state index in [1.54, 1.807) is 0 Å². The van der Waals surface area contributed by atoms with E-state index in [9.17, 15) is 14.7 Å². The second kappa shape index (κ2) is 5.75. The fourth-order valence-corrected chi connectivity index (χ4v) is 9.52. The minimum Gasteiger partial charge on any atom is -0.458 e. The van der Waals surface area contributed by atoms with Crippen LogP contribution in [0.3, 0.4) is 0 Å². The highest BCUT2D eigenvalue weighted by molar-refractivity contribution is 5.72. The molecule has 2 bridgehead atoms. The number of aliphatic hydroxyl groups excluding tert-OH is 1. The Morgan fingerprint density at radius 2 is 1.93 bits per heavy atom. The van der Waals surface area contributed by atoms with E-state index in [1.807, 2.05) is 0 Å². The summed E-state index contributed by atoms with van der Waals surface area (Å²) < 4.78 is 6.03. The summed E-state index contributed by atoms with van der Waals surface area (Å²) >= 11 is 0. The molecule has 1 aliphatic heterocycles. The Hall–Kier alpha value is -1.16. The van der Waals surface area contributed by atoms with Crippen LogP contribution in [0.5, 0.6) is 0 Å². The number of aliphatic hydroxyl groups is 1. The minimum absolute atomic E-state index is 0.0793. The topological polar surface area (TPSA) is 63.6 Å². The van der Waals surface area contributed by atoms with E-state index < -0.39 is 11.7 Å². The Morgan fingerprint density at radius 3 is 2.52 bits per heavy atom. The van der Waals surface area contributed by atoms with Crippen LogP contribution in [0.15, 0.2) is 12.2 Å². The van der Waals surface area contributed by atoms with Gasteiger partial charge in [-0.3, -0.25) is 4.79 Å². The summed E-state index contributed by atoms with van der Waals surface area (Å²) in [6, 6.07) is 0. The number of allylic oxidation sites excluding steroid dienone is 1. The van der Waals surface area contributed by atoms with Crippen molar-refractivity contribution in [2.75, 3.05) is 0 Å². The number of carbonyl (C=O) groups is 2. The summed E-state index contributed by atoms with van der Waals surface area (Å²) in [5, 5.41) is 11.7. The summed E-state index contributed by atoms with van der Waals surface area (Å²) in [5.74, 6) is 0.975. The fourth-order valence-electron chi connectivity index (χ4n) is 9.52. The summed E-state index contributed by atoms with van der Waals surface area (Å²) in [5.41, 5.74) is 0.241. The highest BCUT2D eigenvalue weighted by Crippen LogP contribution is 2.76. The molecule has 1 saturated heterocycles. The number of aldehydes is 1. The second-order valence-corrected chi connectivity index (χ2v) is 11.6. The van der Waals surface area contributed by atoms with Gasteiger partial charge >= 0.3 is 5.97 Å². The smallest absolute Gasteiger partial charge is 0.306 e. The fraction of sp³-hybridized carbons (Fsp3) is 0.840. The van der Waals surface area contributed by atoms with E-state index in [0.29, 0.717) is 24.7 Å². The summed E-state index contributed by atoms with van der Waals surface area (Å²) in [4.78, 5) is 24.3. The third-order valence-electron chi connectivity index (χ3n) is 11.3. The Kier molecular flexibility index (Phi) is 3.92. The predicted molar refractivity (Wildman–Crippen MR) is 110 cm³/mol. The van der Waals surface area contributed by atoms with Crippen molar-refractivity contribution in [3.63, 3.8) is 0 Å². The molecule has 0 radical (unpaired) electrons. The van der Waals surface area contributed by atoms with Crippen molar-refractivity contribution in [1.82, 2.24) is 0 Å². The van der Waals surface area contributed by atoms with Crippen LogP contribution in [0, 0.1) is 45.8 Å². The molecule has 5 aliphatic rings. The minimum atomic E-state index is -0.430. The molecule has 4 heteroatoms. The van der Waals surface area contributed by atoms with Gasteiger partial charge in [0.05, 0.1) is 6.10 Å². The third-order valence-corrected chi connectivity index (χ3v) is 11.3. The highest BCUT2D eigenvalue weighted by atomic mass is 16.6. The molecule has 6 unspecified atom stereocenters. The number of ether oxygens (including phenoxy) is 1. The van der Waals surface area contributed by atoms with Gasteiger partial charge in [0, 0.05) is 17.8 Å². The molecule has 5 rings (SSSR count). The van der Waals surface area contributed by atoms with Crippen molar-refractivity contribution in [3.8, 4) is 0 Å². The molecule has 10 atom stereocenters. The van der Waals surface area contributed by atoms with Gasteiger partial charge in [-0.25, -0.2) is 0 Å². The van der Waals surface area contributed by atoms with Crippen molar-refractivity contribution in [3.05, 3.63) is 12.2 Å². The predicted octanol–water partition coefficient (Wildman–Crippen LogP) is 4.30. The standard InChI is InChI=1S/C25H36O4/c1-6-22(3)21-18(27)12-24(5)16(7-9-25(24)10-8-19(28)29-25)20(21)15-11-23(22,4)17(13-26)14(15)2/h13,15-18,20-21,27H,2,6-12H2,1,3-5H3/t15-,16?,17?,18+,20?,21?,22?,23+,24?,25+/m0/s1. The molecule has 29 heavy (non-hydrogen) atoms. The van der Waals surface area contributed by atoms with Crippen LogP contribution in [0.2, 0.25) is 0 Å². The van der Waals surface area contributed by atoms with Gasteiger partial charge in [0.1, 0.15) is 11.9 Å². The maximum Gasteiger partial charge on any atom is 0.306 e. The van der Waals surface area contributed by atoms with E-state index in [1.165, 1.54) is 0 Å². The van der Waals surface area contributed by atoms with E-state index in [-0.39, 0.29) is 40.0 Å². The first-order valence-electron chi connectivity index (χ1n) is 11.6. The van der Waals surface area contributed by atoms with E-state index in [4.69, 9.17) is 4.74 Å². The van der Waals surface area contributed by atoms with Crippen LogP contribution in [0.1, 0.15) is 72.6 Å². The van der Waals surface area contributed by atoms with Crippen LogP contribution in [0.25, 0.3) is 0 Å². The van der Waals surface area contributed by atoms with Gasteiger partial charge in [-0.1, -0.05) is 39.8 Å². The van der Waals surface area contributed by atoms with Crippen LogP contribution in [-0.4, -0.2) is 29.1 Å². The summed E-state index contributed by atoms with van der Waals surface area (Å²) in [6.07, 6.45) is 6.59. The molecule has 0 aromatic rings. The summed E-state index contributed by atoms with van der Waals surface area (Å²) in [7, 11) is 0. The number of hydrogen-bond donors (Lipinski definition) is 1. The molecule has 5 fully saturated rings. The molecule has 0 aromatic carbocycles. The maximum absolute atomic E-state index is 12.2. The lowest BCUT2D eigenvalue weighted by Crippen LogP contribution is -2.63. The lowest BCUT2D eigenvalue weighted by Gasteiger charge is -2.64. The molecule has 4 nitrogen and oxygen atoms in total. The summed E-state index contributed by atoms with van der Waals surface area (Å²) in [6.45, 7) is 13.5. The zero-order valence-corrected chi connectivity index (χ0v) is 18.4. The zero-order valence-electron chi connectivity index (χ0n) is 18.4. The molecule has 0 aromatic heterocycles. The molecule has 1 spiro atoms. The third kappa shape index (κ3) is 2.01. The first kappa shape index (κ1) is 19.8. The highest BCUT2D eigenvalue weighted by Gasteiger charge is 2.74. The van der Waals surface area contributed by atoms with Crippen LogP contribution in [-0.2, 0) is 14.3 Å². The molecule has 1 N–H and O–H groups in total. The normalized spacial score (nSPS) is 58.2. The molecule has 0 amide bonds. The lowest BCUT2D eigenvalue weighted by atomic mass is 9.41.